The Hall–Kier alpha value is -2.53. The van der Waals surface area contributed by atoms with Crippen molar-refractivity contribution >= 4 is 5.91 Å². The van der Waals surface area contributed by atoms with Crippen LogP contribution in [0.4, 0.5) is 0 Å². The van der Waals surface area contributed by atoms with Crippen LogP contribution in [-0.4, -0.2) is 37.6 Å². The van der Waals surface area contributed by atoms with Crippen LogP contribution >= 0.6 is 0 Å². The fourth-order valence-electron chi connectivity index (χ4n) is 3.24. The Morgan fingerprint density at radius 3 is 2.37 bits per heavy atom. The molecule has 1 amide bonds. The van der Waals surface area contributed by atoms with Gasteiger partial charge in [-0.2, -0.15) is 0 Å². The number of carbonyl (C=O) groups is 1. The highest BCUT2D eigenvalue weighted by atomic mass is 16.5. The standard InChI is InChI=1S/C22H28N2O3/c1-26-20-6-2-3-7-21(20)27-15-12-22(25)23-16-18-8-10-19(11-9-18)17-24-13-4-5-14-24/h2-3,6-11H,4-5,12-17H2,1H3,(H,23,25). The van der Waals surface area contributed by atoms with E-state index in [0.29, 0.717) is 31.1 Å². The molecule has 0 atom stereocenters. The predicted octanol–water partition coefficient (Wildman–Crippen LogP) is 3.38. The molecule has 2 aromatic rings. The highest BCUT2D eigenvalue weighted by molar-refractivity contribution is 5.76. The molecule has 5 heteroatoms. The molecule has 0 radical (unpaired) electrons. The van der Waals surface area contributed by atoms with Gasteiger partial charge in [0.25, 0.3) is 0 Å². The molecule has 27 heavy (non-hydrogen) atoms. The average Bonchev–Trinajstić information content (AvgIpc) is 3.21. The van der Waals surface area contributed by atoms with E-state index in [9.17, 15) is 4.79 Å². The van der Waals surface area contributed by atoms with Gasteiger partial charge in [-0.1, -0.05) is 36.4 Å². The quantitative estimate of drug-likeness (QED) is 0.737. The first-order valence-electron chi connectivity index (χ1n) is 9.57. The van der Waals surface area contributed by atoms with Crippen LogP contribution in [0.15, 0.2) is 48.5 Å². The number of nitrogens with zero attached hydrogens (tertiary/aromatic N) is 1. The number of para-hydroxylation sites is 2. The van der Waals surface area contributed by atoms with E-state index in [1.165, 1.54) is 31.5 Å². The van der Waals surface area contributed by atoms with Crippen LogP contribution in [0.3, 0.4) is 0 Å². The van der Waals surface area contributed by atoms with Crippen molar-refractivity contribution in [1.82, 2.24) is 10.2 Å². The molecule has 0 aliphatic carbocycles. The molecule has 0 saturated carbocycles. The third-order valence-electron chi connectivity index (χ3n) is 4.77. The number of carbonyl (C=O) groups excluding carboxylic acids is 1. The first-order chi connectivity index (χ1) is 13.2. The van der Waals surface area contributed by atoms with Gasteiger partial charge in [0.2, 0.25) is 5.91 Å². The van der Waals surface area contributed by atoms with E-state index in [4.69, 9.17) is 9.47 Å². The van der Waals surface area contributed by atoms with Gasteiger partial charge < -0.3 is 14.8 Å². The molecule has 5 nitrogen and oxygen atoms in total. The molecule has 0 unspecified atom stereocenters. The van der Waals surface area contributed by atoms with Gasteiger partial charge in [0.1, 0.15) is 0 Å². The zero-order valence-corrected chi connectivity index (χ0v) is 15.9. The fraction of sp³-hybridized carbons (Fsp3) is 0.409. The van der Waals surface area contributed by atoms with Crippen LogP contribution in [0.1, 0.15) is 30.4 Å². The minimum absolute atomic E-state index is 0.0222. The van der Waals surface area contributed by atoms with Crippen molar-refractivity contribution in [3.8, 4) is 11.5 Å². The van der Waals surface area contributed by atoms with E-state index in [2.05, 4.69) is 34.5 Å². The summed E-state index contributed by atoms with van der Waals surface area (Å²) in [6.45, 7) is 4.29. The number of benzene rings is 2. The van der Waals surface area contributed by atoms with E-state index in [1.54, 1.807) is 7.11 Å². The van der Waals surface area contributed by atoms with E-state index >= 15 is 0 Å². The number of rotatable bonds is 9. The largest absolute Gasteiger partial charge is 0.493 e. The lowest BCUT2D eigenvalue weighted by atomic mass is 10.1. The molecule has 144 valence electrons. The normalized spacial score (nSPS) is 14.1. The fourth-order valence-corrected chi connectivity index (χ4v) is 3.24. The summed E-state index contributed by atoms with van der Waals surface area (Å²) >= 11 is 0. The maximum Gasteiger partial charge on any atom is 0.223 e. The number of amides is 1. The zero-order chi connectivity index (χ0) is 18.9. The zero-order valence-electron chi connectivity index (χ0n) is 15.9. The molecule has 1 N–H and O–H groups in total. The highest BCUT2D eigenvalue weighted by Gasteiger charge is 2.11. The first kappa shape index (κ1) is 19.2. The van der Waals surface area contributed by atoms with Gasteiger partial charge in [-0.05, 0) is 49.2 Å². The lowest BCUT2D eigenvalue weighted by Gasteiger charge is -2.14. The molecule has 0 bridgehead atoms. The summed E-state index contributed by atoms with van der Waals surface area (Å²) in [5, 5.41) is 2.95. The van der Waals surface area contributed by atoms with E-state index in [0.717, 1.165) is 12.1 Å². The van der Waals surface area contributed by atoms with Crippen molar-refractivity contribution in [3.63, 3.8) is 0 Å². The monoisotopic (exact) mass is 368 g/mol. The van der Waals surface area contributed by atoms with Crippen molar-refractivity contribution in [2.75, 3.05) is 26.8 Å². The average molecular weight is 368 g/mol. The smallest absolute Gasteiger partial charge is 0.223 e. The molecule has 2 aromatic carbocycles. The van der Waals surface area contributed by atoms with Gasteiger partial charge in [0.15, 0.2) is 11.5 Å². The van der Waals surface area contributed by atoms with Gasteiger partial charge in [0, 0.05) is 13.1 Å². The lowest BCUT2D eigenvalue weighted by molar-refractivity contribution is -0.121. The van der Waals surface area contributed by atoms with Gasteiger partial charge in [-0.3, -0.25) is 9.69 Å². The third-order valence-corrected chi connectivity index (χ3v) is 4.77. The van der Waals surface area contributed by atoms with E-state index in [-0.39, 0.29) is 5.91 Å². The Balaban J connectivity index is 1.37. The Labute approximate surface area is 161 Å². The first-order valence-corrected chi connectivity index (χ1v) is 9.57. The summed E-state index contributed by atoms with van der Waals surface area (Å²) in [4.78, 5) is 14.5. The van der Waals surface area contributed by atoms with Crippen molar-refractivity contribution in [3.05, 3.63) is 59.7 Å². The Kier molecular flexibility index (Phi) is 7.11. The highest BCUT2D eigenvalue weighted by Crippen LogP contribution is 2.25. The van der Waals surface area contributed by atoms with Crippen molar-refractivity contribution < 1.29 is 14.3 Å². The predicted molar refractivity (Wildman–Crippen MR) is 106 cm³/mol. The minimum Gasteiger partial charge on any atom is -0.493 e. The molecule has 1 saturated heterocycles. The van der Waals surface area contributed by atoms with Crippen molar-refractivity contribution in [2.45, 2.75) is 32.4 Å². The number of hydrogen-bond donors (Lipinski definition) is 1. The molecule has 1 aliphatic rings. The number of hydrogen-bond acceptors (Lipinski definition) is 4. The summed E-state index contributed by atoms with van der Waals surface area (Å²) in [5.41, 5.74) is 2.44. The molecule has 1 fully saturated rings. The van der Waals surface area contributed by atoms with Gasteiger partial charge in [0.05, 0.1) is 20.1 Å². The van der Waals surface area contributed by atoms with Crippen LogP contribution in [0.5, 0.6) is 11.5 Å². The third kappa shape index (κ3) is 6.00. The maximum absolute atomic E-state index is 12.0. The van der Waals surface area contributed by atoms with Gasteiger partial charge in [-0.25, -0.2) is 0 Å². The summed E-state index contributed by atoms with van der Waals surface area (Å²) in [6, 6.07) is 15.9. The van der Waals surface area contributed by atoms with Gasteiger partial charge in [-0.15, -0.1) is 0 Å². The second kappa shape index (κ2) is 9.97. The second-order valence-corrected chi connectivity index (χ2v) is 6.83. The number of likely N-dealkylation sites (tertiary alicyclic amines) is 1. The lowest BCUT2D eigenvalue weighted by Crippen LogP contribution is -2.24. The number of nitrogens with one attached hydrogen (secondary N) is 1. The van der Waals surface area contributed by atoms with Crippen LogP contribution < -0.4 is 14.8 Å². The molecule has 1 heterocycles. The molecular formula is C22H28N2O3. The van der Waals surface area contributed by atoms with Crippen molar-refractivity contribution in [1.29, 1.82) is 0 Å². The Bertz CT molecular complexity index is 725. The number of methoxy groups -OCH3 is 1. The SMILES string of the molecule is COc1ccccc1OCCC(=O)NCc1ccc(CN2CCCC2)cc1. The van der Waals surface area contributed by atoms with Gasteiger partial charge >= 0.3 is 0 Å². The molecule has 0 aromatic heterocycles. The van der Waals surface area contributed by atoms with E-state index in [1.807, 2.05) is 24.3 Å². The maximum atomic E-state index is 12.0. The summed E-state index contributed by atoms with van der Waals surface area (Å²) in [6.07, 6.45) is 2.93. The minimum atomic E-state index is -0.0222. The van der Waals surface area contributed by atoms with Crippen LogP contribution in [0.25, 0.3) is 0 Å². The second-order valence-electron chi connectivity index (χ2n) is 6.83. The van der Waals surface area contributed by atoms with Crippen LogP contribution in [-0.2, 0) is 17.9 Å². The number of ether oxygens (including phenoxy) is 2. The van der Waals surface area contributed by atoms with Crippen LogP contribution in [0, 0.1) is 0 Å². The van der Waals surface area contributed by atoms with E-state index < -0.39 is 0 Å². The molecule has 1 aliphatic heterocycles. The molecule has 0 spiro atoms. The summed E-state index contributed by atoms with van der Waals surface area (Å²) in [5.74, 6) is 1.30. The van der Waals surface area contributed by atoms with Crippen LogP contribution in [0.2, 0.25) is 0 Å². The molecular weight excluding hydrogens is 340 g/mol. The summed E-state index contributed by atoms with van der Waals surface area (Å²) < 4.78 is 10.9. The Morgan fingerprint density at radius 1 is 1.00 bits per heavy atom. The van der Waals surface area contributed by atoms with Crippen molar-refractivity contribution in [2.24, 2.45) is 0 Å². The Morgan fingerprint density at radius 2 is 1.67 bits per heavy atom. The topological polar surface area (TPSA) is 50.8 Å². The summed E-state index contributed by atoms with van der Waals surface area (Å²) in [7, 11) is 1.60. The molecule has 3 rings (SSSR count).